The molecule has 1 aliphatic rings. The second-order valence-electron chi connectivity index (χ2n) is 4.67. The van der Waals surface area contributed by atoms with Crippen molar-refractivity contribution < 1.29 is 14.3 Å². The smallest absolute Gasteiger partial charge is 0.224 e. The molecule has 0 saturated carbocycles. The van der Waals surface area contributed by atoms with Crippen molar-refractivity contribution in [2.45, 2.75) is 26.7 Å². The van der Waals surface area contributed by atoms with Crippen molar-refractivity contribution in [1.82, 2.24) is 5.32 Å². The molecule has 1 amide bonds. The number of rotatable bonds is 4. The average Bonchev–Trinajstić information content (AvgIpc) is 2.37. The van der Waals surface area contributed by atoms with Crippen LogP contribution in [0.3, 0.4) is 0 Å². The van der Waals surface area contributed by atoms with Crippen molar-refractivity contribution in [1.29, 1.82) is 0 Å². The Balaban J connectivity index is 2.12. The number of nitrogens with one attached hydrogen (secondary N) is 1. The van der Waals surface area contributed by atoms with Gasteiger partial charge in [0.15, 0.2) is 5.78 Å². The number of allylic oxidation sites excluding steroid dienone is 2. The fourth-order valence-corrected chi connectivity index (χ4v) is 2.07. The van der Waals surface area contributed by atoms with E-state index in [-0.39, 0.29) is 18.3 Å². The van der Waals surface area contributed by atoms with E-state index in [1.807, 2.05) is 31.2 Å². The van der Waals surface area contributed by atoms with E-state index in [2.05, 4.69) is 5.32 Å². The minimum Gasteiger partial charge on any atom is -0.486 e. The van der Waals surface area contributed by atoms with E-state index in [4.69, 9.17) is 4.74 Å². The van der Waals surface area contributed by atoms with Gasteiger partial charge in [0.1, 0.15) is 12.4 Å². The van der Waals surface area contributed by atoms with Crippen molar-refractivity contribution in [3.63, 3.8) is 0 Å². The summed E-state index contributed by atoms with van der Waals surface area (Å²) in [7, 11) is 0. The van der Waals surface area contributed by atoms with Gasteiger partial charge in [-0.2, -0.15) is 0 Å². The van der Waals surface area contributed by atoms with Crippen LogP contribution < -0.4 is 10.1 Å². The van der Waals surface area contributed by atoms with Crippen LogP contribution in [-0.4, -0.2) is 18.3 Å². The monoisotopic (exact) mass is 259 g/mol. The van der Waals surface area contributed by atoms with Crippen LogP contribution in [0.2, 0.25) is 0 Å². The number of hydrogen-bond donors (Lipinski definition) is 1. The van der Waals surface area contributed by atoms with Crippen LogP contribution in [-0.2, 0) is 9.59 Å². The Kier molecular flexibility index (Phi) is 4.00. The van der Waals surface area contributed by atoms with Gasteiger partial charge in [0.2, 0.25) is 5.91 Å². The lowest BCUT2D eigenvalue weighted by atomic mass is 9.96. The van der Waals surface area contributed by atoms with Crippen molar-refractivity contribution in [2.24, 2.45) is 0 Å². The SMILES string of the molecule is CC(=O)COc1ccc(C2=C(C)NC(=O)CC2)cc1. The Morgan fingerprint density at radius 2 is 1.95 bits per heavy atom. The highest BCUT2D eigenvalue weighted by atomic mass is 16.5. The summed E-state index contributed by atoms with van der Waals surface area (Å²) in [4.78, 5) is 22.1. The quantitative estimate of drug-likeness (QED) is 0.902. The van der Waals surface area contributed by atoms with Gasteiger partial charge in [-0.05, 0) is 43.5 Å². The van der Waals surface area contributed by atoms with Gasteiger partial charge in [0.25, 0.3) is 0 Å². The summed E-state index contributed by atoms with van der Waals surface area (Å²) >= 11 is 0. The van der Waals surface area contributed by atoms with E-state index >= 15 is 0 Å². The zero-order chi connectivity index (χ0) is 13.8. The Morgan fingerprint density at radius 3 is 2.53 bits per heavy atom. The first-order valence-corrected chi connectivity index (χ1v) is 6.28. The van der Waals surface area contributed by atoms with Crippen LogP contribution in [0.1, 0.15) is 32.3 Å². The molecule has 19 heavy (non-hydrogen) atoms. The lowest BCUT2D eigenvalue weighted by molar-refractivity contribution is -0.120. The Bertz CT molecular complexity index is 529. The first-order valence-electron chi connectivity index (χ1n) is 6.28. The van der Waals surface area contributed by atoms with Crippen molar-refractivity contribution in [3.05, 3.63) is 35.5 Å². The van der Waals surface area contributed by atoms with Gasteiger partial charge in [-0.15, -0.1) is 0 Å². The number of Topliss-reactive ketones (excluding diaryl/α,β-unsaturated/α-hetero) is 1. The Labute approximate surface area is 112 Å². The van der Waals surface area contributed by atoms with Gasteiger partial charge in [0, 0.05) is 12.1 Å². The van der Waals surface area contributed by atoms with Crippen molar-refractivity contribution in [3.8, 4) is 5.75 Å². The van der Waals surface area contributed by atoms with Crippen LogP contribution in [0.4, 0.5) is 0 Å². The molecule has 0 unspecified atom stereocenters. The molecule has 1 N–H and O–H groups in total. The number of carbonyl (C=O) groups is 2. The maximum absolute atomic E-state index is 11.3. The number of ketones is 1. The van der Waals surface area contributed by atoms with E-state index in [0.29, 0.717) is 12.2 Å². The molecule has 4 nitrogen and oxygen atoms in total. The number of amides is 1. The first-order chi connectivity index (χ1) is 9.06. The molecule has 0 radical (unpaired) electrons. The highest BCUT2D eigenvalue weighted by Gasteiger charge is 2.15. The third-order valence-corrected chi connectivity index (χ3v) is 3.03. The van der Waals surface area contributed by atoms with Crippen molar-refractivity contribution in [2.75, 3.05) is 6.61 Å². The Hall–Kier alpha value is -2.10. The minimum absolute atomic E-state index is 0.00220. The third kappa shape index (κ3) is 3.44. The zero-order valence-corrected chi connectivity index (χ0v) is 11.2. The molecule has 0 bridgehead atoms. The summed E-state index contributed by atoms with van der Waals surface area (Å²) in [6.45, 7) is 3.50. The second-order valence-corrected chi connectivity index (χ2v) is 4.67. The van der Waals surface area contributed by atoms with Crippen LogP contribution >= 0.6 is 0 Å². The van der Waals surface area contributed by atoms with E-state index < -0.39 is 0 Å². The van der Waals surface area contributed by atoms with E-state index in [0.717, 1.165) is 23.3 Å². The van der Waals surface area contributed by atoms with Crippen molar-refractivity contribution >= 4 is 17.3 Å². The van der Waals surface area contributed by atoms with E-state index in [1.54, 1.807) is 0 Å². The summed E-state index contributed by atoms with van der Waals surface area (Å²) in [5.41, 5.74) is 3.14. The molecular weight excluding hydrogens is 242 g/mol. The molecule has 100 valence electrons. The minimum atomic E-state index is -0.00220. The van der Waals surface area contributed by atoms with Crippen LogP contribution in [0, 0.1) is 0 Å². The summed E-state index contributed by atoms with van der Waals surface area (Å²) < 4.78 is 5.32. The summed E-state index contributed by atoms with van der Waals surface area (Å²) in [6.07, 6.45) is 1.28. The standard InChI is InChI=1S/C15H17NO3/c1-10(17)9-19-13-5-3-12(4-6-13)14-7-8-15(18)16-11(14)2/h3-6H,7-9H2,1-2H3,(H,16,18). The molecular formula is C15H17NO3. The predicted octanol–water partition coefficient (Wildman–Crippen LogP) is 2.30. The number of hydrogen-bond acceptors (Lipinski definition) is 3. The van der Waals surface area contributed by atoms with Gasteiger partial charge in [-0.25, -0.2) is 0 Å². The fraction of sp³-hybridized carbons (Fsp3) is 0.333. The molecule has 0 aliphatic carbocycles. The lowest BCUT2D eigenvalue weighted by Crippen LogP contribution is -2.26. The highest BCUT2D eigenvalue weighted by molar-refractivity contribution is 5.86. The number of benzene rings is 1. The van der Waals surface area contributed by atoms with Gasteiger partial charge in [-0.1, -0.05) is 12.1 Å². The number of ether oxygens (including phenoxy) is 1. The maximum atomic E-state index is 11.3. The van der Waals surface area contributed by atoms with Gasteiger partial charge in [-0.3, -0.25) is 9.59 Å². The van der Waals surface area contributed by atoms with E-state index in [1.165, 1.54) is 6.92 Å². The maximum Gasteiger partial charge on any atom is 0.224 e. The molecule has 1 aromatic rings. The molecule has 4 heteroatoms. The Morgan fingerprint density at radius 1 is 1.26 bits per heavy atom. The summed E-state index contributed by atoms with van der Waals surface area (Å²) in [5.74, 6) is 0.748. The first kappa shape index (κ1) is 13.3. The molecule has 0 spiro atoms. The van der Waals surface area contributed by atoms with Crippen LogP contribution in [0.25, 0.3) is 5.57 Å². The second kappa shape index (κ2) is 5.69. The molecule has 0 aromatic heterocycles. The molecule has 0 fully saturated rings. The van der Waals surface area contributed by atoms with Gasteiger partial charge < -0.3 is 10.1 Å². The molecule has 1 aliphatic heterocycles. The van der Waals surface area contributed by atoms with E-state index in [9.17, 15) is 9.59 Å². The van der Waals surface area contributed by atoms with Crippen LogP contribution in [0.5, 0.6) is 5.75 Å². The zero-order valence-electron chi connectivity index (χ0n) is 11.2. The van der Waals surface area contributed by atoms with Gasteiger partial charge >= 0.3 is 0 Å². The summed E-state index contributed by atoms with van der Waals surface area (Å²) in [5, 5.41) is 2.85. The molecule has 0 saturated heterocycles. The highest BCUT2D eigenvalue weighted by Crippen LogP contribution is 2.27. The average molecular weight is 259 g/mol. The largest absolute Gasteiger partial charge is 0.486 e. The molecule has 1 heterocycles. The van der Waals surface area contributed by atoms with Gasteiger partial charge in [0.05, 0.1) is 0 Å². The number of carbonyl (C=O) groups excluding carboxylic acids is 2. The fourth-order valence-electron chi connectivity index (χ4n) is 2.07. The molecule has 0 atom stereocenters. The topological polar surface area (TPSA) is 55.4 Å². The third-order valence-electron chi connectivity index (χ3n) is 3.03. The molecule has 1 aromatic carbocycles. The normalized spacial score (nSPS) is 15.2. The summed E-state index contributed by atoms with van der Waals surface area (Å²) in [6, 6.07) is 7.58. The predicted molar refractivity (Wildman–Crippen MR) is 72.6 cm³/mol. The lowest BCUT2D eigenvalue weighted by Gasteiger charge is -2.19. The van der Waals surface area contributed by atoms with Crippen LogP contribution in [0.15, 0.2) is 30.0 Å². The molecule has 2 rings (SSSR count).